The third-order valence-electron chi connectivity index (χ3n) is 5.28. The number of aromatic nitrogens is 1. The number of nitrogens with one attached hydrogen (secondary N) is 2. The van der Waals surface area contributed by atoms with E-state index in [4.69, 9.17) is 4.74 Å². The number of nitrogens with zero attached hydrogens (tertiary/aromatic N) is 4. The lowest BCUT2D eigenvalue weighted by molar-refractivity contribution is -0.119. The molecule has 32 heavy (non-hydrogen) atoms. The quantitative estimate of drug-likeness (QED) is 0.716. The number of hydrogen-bond donors (Lipinski definition) is 2. The molecule has 2 fully saturated rings. The van der Waals surface area contributed by atoms with Gasteiger partial charge in [-0.05, 0) is 18.2 Å². The molecule has 4 rings (SSSR count). The summed E-state index contributed by atoms with van der Waals surface area (Å²) in [4.78, 5) is 40.3. The van der Waals surface area contributed by atoms with Crippen molar-refractivity contribution < 1.29 is 28.0 Å². The summed E-state index contributed by atoms with van der Waals surface area (Å²) in [6.07, 6.45) is 0.287. The number of carbonyl (C=O) groups is 3. The summed E-state index contributed by atoms with van der Waals surface area (Å²) in [6.45, 7) is 3.53. The summed E-state index contributed by atoms with van der Waals surface area (Å²) in [5.74, 6) is -0.356. The van der Waals surface area contributed by atoms with Crippen molar-refractivity contribution in [2.75, 3.05) is 54.4 Å². The Hall–Kier alpha value is -3.83. The average Bonchev–Trinajstić information content (AvgIpc) is 3.41. The molecule has 0 aliphatic carbocycles. The molecule has 2 saturated heterocycles. The van der Waals surface area contributed by atoms with Crippen LogP contribution in [0.4, 0.5) is 31.2 Å². The van der Waals surface area contributed by atoms with Crippen LogP contribution in [-0.2, 0) is 9.53 Å². The van der Waals surface area contributed by atoms with Crippen LogP contribution in [0.1, 0.15) is 6.92 Å². The predicted octanol–water partition coefficient (Wildman–Crippen LogP) is 1.63. The topological polar surface area (TPSA) is 120 Å². The Morgan fingerprint density at radius 3 is 2.66 bits per heavy atom. The summed E-state index contributed by atoms with van der Waals surface area (Å²) >= 11 is 0. The molecule has 3 heterocycles. The Balaban J connectivity index is 1.34. The fourth-order valence-electron chi connectivity index (χ4n) is 3.63. The lowest BCUT2D eigenvalue weighted by Crippen LogP contribution is -2.50. The summed E-state index contributed by atoms with van der Waals surface area (Å²) in [5, 5.41) is 8.88. The van der Waals surface area contributed by atoms with Crippen molar-refractivity contribution in [3.63, 3.8) is 0 Å². The fraction of sp³-hybridized carbons (Fsp3) is 0.400. The van der Waals surface area contributed by atoms with E-state index in [0.717, 1.165) is 0 Å². The van der Waals surface area contributed by atoms with Crippen LogP contribution in [0, 0.1) is 5.82 Å². The fourth-order valence-corrected chi connectivity index (χ4v) is 3.63. The van der Waals surface area contributed by atoms with Gasteiger partial charge in [0.15, 0.2) is 5.82 Å². The molecule has 1 aromatic heterocycles. The third-order valence-corrected chi connectivity index (χ3v) is 5.28. The van der Waals surface area contributed by atoms with Crippen LogP contribution in [0.5, 0.6) is 0 Å². The van der Waals surface area contributed by atoms with Gasteiger partial charge >= 0.3 is 12.1 Å². The lowest BCUT2D eigenvalue weighted by atomic mass is 10.2. The number of benzene rings is 1. The maximum Gasteiger partial charge on any atom is 0.414 e. The number of hydrogen-bond acceptors (Lipinski definition) is 7. The first-order valence-electron chi connectivity index (χ1n) is 10.1. The molecular formula is C20H23FN6O5. The van der Waals surface area contributed by atoms with Crippen molar-refractivity contribution in [1.82, 2.24) is 15.4 Å². The molecule has 2 aliphatic rings. The SMILES string of the molecule is CC(=O)NC[C@H]1CN(c2ccc(N3CCN(C(=O)Nc4ccon4)CC3)c(F)c2)C(=O)O1. The number of halogens is 1. The summed E-state index contributed by atoms with van der Waals surface area (Å²) in [6, 6.07) is 5.81. The molecular weight excluding hydrogens is 423 g/mol. The number of ether oxygens (including phenoxy) is 1. The number of piperazine rings is 1. The van der Waals surface area contributed by atoms with E-state index in [1.807, 2.05) is 4.90 Å². The monoisotopic (exact) mass is 446 g/mol. The Morgan fingerprint density at radius 1 is 1.22 bits per heavy atom. The third kappa shape index (κ3) is 4.74. The van der Waals surface area contributed by atoms with Gasteiger partial charge in [0.05, 0.1) is 24.5 Å². The molecule has 2 aromatic rings. The zero-order valence-corrected chi connectivity index (χ0v) is 17.4. The van der Waals surface area contributed by atoms with Gasteiger partial charge in [0.2, 0.25) is 5.91 Å². The van der Waals surface area contributed by atoms with Crippen molar-refractivity contribution in [1.29, 1.82) is 0 Å². The maximum atomic E-state index is 14.9. The molecule has 0 bridgehead atoms. The van der Waals surface area contributed by atoms with Gasteiger partial charge < -0.3 is 24.4 Å². The molecule has 2 N–H and O–H groups in total. The van der Waals surface area contributed by atoms with E-state index in [1.54, 1.807) is 23.1 Å². The van der Waals surface area contributed by atoms with Gasteiger partial charge in [0, 0.05) is 39.2 Å². The number of anilines is 3. The van der Waals surface area contributed by atoms with Crippen LogP contribution >= 0.6 is 0 Å². The molecule has 170 valence electrons. The first-order valence-corrected chi connectivity index (χ1v) is 10.1. The van der Waals surface area contributed by atoms with Crippen LogP contribution in [0.25, 0.3) is 0 Å². The second kappa shape index (κ2) is 9.12. The van der Waals surface area contributed by atoms with E-state index in [9.17, 15) is 18.8 Å². The van der Waals surface area contributed by atoms with Crippen LogP contribution < -0.4 is 20.4 Å². The molecule has 4 amide bonds. The van der Waals surface area contributed by atoms with Gasteiger partial charge in [-0.1, -0.05) is 5.16 Å². The number of cyclic esters (lactones) is 1. The van der Waals surface area contributed by atoms with Crippen LogP contribution in [-0.4, -0.2) is 73.5 Å². The minimum absolute atomic E-state index is 0.201. The Bertz CT molecular complexity index is 992. The number of amides is 4. The predicted molar refractivity (Wildman–Crippen MR) is 112 cm³/mol. The van der Waals surface area contributed by atoms with Crippen molar-refractivity contribution in [3.8, 4) is 0 Å². The lowest BCUT2D eigenvalue weighted by Gasteiger charge is -2.36. The number of rotatable bonds is 5. The minimum atomic E-state index is -0.584. The number of urea groups is 1. The maximum absolute atomic E-state index is 14.9. The van der Waals surface area contributed by atoms with E-state index < -0.39 is 18.0 Å². The smallest absolute Gasteiger partial charge is 0.414 e. The molecule has 0 saturated carbocycles. The highest BCUT2D eigenvalue weighted by Gasteiger charge is 2.33. The molecule has 11 nitrogen and oxygen atoms in total. The van der Waals surface area contributed by atoms with Gasteiger partial charge in [-0.2, -0.15) is 0 Å². The van der Waals surface area contributed by atoms with Gasteiger partial charge in [0.1, 0.15) is 18.2 Å². The largest absolute Gasteiger partial charge is 0.442 e. The molecule has 0 unspecified atom stereocenters. The molecule has 0 radical (unpaired) electrons. The van der Waals surface area contributed by atoms with Crippen LogP contribution in [0.15, 0.2) is 35.1 Å². The zero-order chi connectivity index (χ0) is 22.7. The van der Waals surface area contributed by atoms with Crippen molar-refractivity contribution in [3.05, 3.63) is 36.3 Å². The molecule has 12 heteroatoms. The minimum Gasteiger partial charge on any atom is -0.442 e. The van der Waals surface area contributed by atoms with E-state index in [2.05, 4.69) is 20.3 Å². The van der Waals surface area contributed by atoms with Crippen LogP contribution in [0.3, 0.4) is 0 Å². The standard InChI is InChI=1S/C20H23FN6O5/c1-13(28)22-11-15-12-27(20(30)32-15)14-2-3-17(16(21)10-14)25-5-7-26(8-6-25)19(29)23-18-4-9-31-24-18/h2-4,9-10,15H,5-8,11-12H2,1H3,(H,22,28)(H,23,24,29)/t15-/m0/s1. The average molecular weight is 446 g/mol. The summed E-state index contributed by atoms with van der Waals surface area (Å²) in [7, 11) is 0. The van der Waals surface area contributed by atoms with Gasteiger partial charge in [-0.3, -0.25) is 15.0 Å². The van der Waals surface area contributed by atoms with E-state index in [0.29, 0.717) is 43.4 Å². The summed E-state index contributed by atoms with van der Waals surface area (Å²) < 4.78 is 24.8. The number of carbonyl (C=O) groups excluding carboxylic acids is 3. The molecule has 1 atom stereocenters. The highest BCUT2D eigenvalue weighted by Crippen LogP contribution is 2.28. The Morgan fingerprint density at radius 2 is 2.00 bits per heavy atom. The van der Waals surface area contributed by atoms with E-state index >= 15 is 0 Å². The molecule has 2 aliphatic heterocycles. The second-order valence-corrected chi connectivity index (χ2v) is 7.48. The van der Waals surface area contributed by atoms with E-state index in [1.165, 1.54) is 24.2 Å². The second-order valence-electron chi connectivity index (χ2n) is 7.48. The normalized spacial score (nSPS) is 18.5. The summed E-state index contributed by atoms with van der Waals surface area (Å²) in [5.41, 5.74) is 0.778. The first-order chi connectivity index (χ1) is 15.4. The zero-order valence-electron chi connectivity index (χ0n) is 17.4. The Kier molecular flexibility index (Phi) is 6.10. The first kappa shape index (κ1) is 21.4. The van der Waals surface area contributed by atoms with Gasteiger partial charge in [-0.15, -0.1) is 0 Å². The highest BCUT2D eigenvalue weighted by atomic mass is 19.1. The van der Waals surface area contributed by atoms with Crippen molar-refractivity contribution in [2.24, 2.45) is 0 Å². The Labute approximate surface area is 183 Å². The van der Waals surface area contributed by atoms with Gasteiger partial charge in [-0.25, -0.2) is 14.0 Å². The van der Waals surface area contributed by atoms with Crippen LogP contribution in [0.2, 0.25) is 0 Å². The van der Waals surface area contributed by atoms with Crippen molar-refractivity contribution in [2.45, 2.75) is 13.0 Å². The molecule has 0 spiro atoms. The highest BCUT2D eigenvalue weighted by molar-refractivity contribution is 5.90. The molecule has 1 aromatic carbocycles. The van der Waals surface area contributed by atoms with E-state index in [-0.39, 0.29) is 25.0 Å². The van der Waals surface area contributed by atoms with Crippen molar-refractivity contribution >= 4 is 35.2 Å². The van der Waals surface area contributed by atoms with Gasteiger partial charge in [0.25, 0.3) is 0 Å².